The summed E-state index contributed by atoms with van der Waals surface area (Å²) in [6.07, 6.45) is 1.68. The number of thiazole rings is 1. The Morgan fingerprint density at radius 2 is 2.67 bits per heavy atom. The van der Waals surface area contributed by atoms with E-state index in [4.69, 9.17) is 5.11 Å². The van der Waals surface area contributed by atoms with E-state index in [-0.39, 0.29) is 11.9 Å². The molecule has 66 valence electrons. The van der Waals surface area contributed by atoms with Crippen molar-refractivity contribution in [1.29, 1.82) is 0 Å². The van der Waals surface area contributed by atoms with Gasteiger partial charge in [0.15, 0.2) is 0 Å². The predicted octanol–water partition coefficient (Wildman–Crippen LogP) is 0.313. The van der Waals surface area contributed by atoms with Gasteiger partial charge in [-0.25, -0.2) is 4.98 Å². The zero-order valence-electron chi connectivity index (χ0n) is 6.65. The van der Waals surface area contributed by atoms with Crippen molar-refractivity contribution in [1.82, 2.24) is 10.3 Å². The number of nitrogens with one attached hydrogen (secondary N) is 1. The standard InChI is InChI=1S/C7H10N2O2S/c1-5(9-6(11)4-10)7-8-2-3-12-7/h2-3,5,10H,4H2,1H3,(H,9,11). The molecule has 0 aromatic carbocycles. The topological polar surface area (TPSA) is 62.2 Å². The number of amides is 1. The Kier molecular flexibility index (Phi) is 3.19. The highest BCUT2D eigenvalue weighted by molar-refractivity contribution is 7.09. The molecule has 0 radical (unpaired) electrons. The molecular formula is C7H10N2O2S. The molecule has 1 aromatic heterocycles. The molecule has 1 heterocycles. The number of carbonyl (C=O) groups excluding carboxylic acids is 1. The fourth-order valence-corrected chi connectivity index (χ4v) is 1.44. The Labute approximate surface area is 74.3 Å². The van der Waals surface area contributed by atoms with E-state index < -0.39 is 6.61 Å². The first-order valence-electron chi connectivity index (χ1n) is 3.53. The van der Waals surface area contributed by atoms with Crippen LogP contribution in [0.2, 0.25) is 0 Å². The van der Waals surface area contributed by atoms with Crippen molar-refractivity contribution in [3.8, 4) is 0 Å². The van der Waals surface area contributed by atoms with Gasteiger partial charge in [0.25, 0.3) is 0 Å². The summed E-state index contributed by atoms with van der Waals surface area (Å²) in [5.41, 5.74) is 0. The maximum atomic E-state index is 10.7. The van der Waals surface area contributed by atoms with Crippen molar-refractivity contribution in [2.75, 3.05) is 6.61 Å². The molecule has 2 N–H and O–H groups in total. The Bertz CT molecular complexity index is 248. The lowest BCUT2D eigenvalue weighted by atomic mass is 10.3. The SMILES string of the molecule is CC(NC(=O)CO)c1nccs1. The molecule has 0 saturated heterocycles. The summed E-state index contributed by atoms with van der Waals surface area (Å²) in [6, 6.07) is -0.121. The summed E-state index contributed by atoms with van der Waals surface area (Å²) in [5, 5.41) is 13.7. The molecule has 12 heavy (non-hydrogen) atoms. The van der Waals surface area contributed by atoms with Crippen molar-refractivity contribution in [2.24, 2.45) is 0 Å². The third-order valence-electron chi connectivity index (χ3n) is 1.34. The molecule has 0 saturated carbocycles. The van der Waals surface area contributed by atoms with Crippen LogP contribution in [-0.2, 0) is 4.79 Å². The average molecular weight is 186 g/mol. The third kappa shape index (κ3) is 2.28. The third-order valence-corrected chi connectivity index (χ3v) is 2.30. The summed E-state index contributed by atoms with van der Waals surface area (Å²) in [5.74, 6) is -0.377. The van der Waals surface area contributed by atoms with Crippen LogP contribution in [0.3, 0.4) is 0 Å². The lowest BCUT2D eigenvalue weighted by Gasteiger charge is -2.08. The van der Waals surface area contributed by atoms with Crippen LogP contribution >= 0.6 is 11.3 Å². The number of hydrogen-bond acceptors (Lipinski definition) is 4. The smallest absolute Gasteiger partial charge is 0.246 e. The number of aliphatic hydroxyl groups is 1. The first kappa shape index (κ1) is 9.15. The van der Waals surface area contributed by atoms with E-state index in [1.807, 2.05) is 12.3 Å². The molecule has 0 spiro atoms. The van der Waals surface area contributed by atoms with E-state index in [9.17, 15) is 4.79 Å². The number of hydrogen-bond donors (Lipinski definition) is 2. The van der Waals surface area contributed by atoms with E-state index in [0.717, 1.165) is 5.01 Å². The summed E-state index contributed by atoms with van der Waals surface area (Å²) in [7, 11) is 0. The lowest BCUT2D eigenvalue weighted by Crippen LogP contribution is -2.28. The van der Waals surface area contributed by atoms with Gasteiger partial charge in [-0.3, -0.25) is 4.79 Å². The number of nitrogens with zero attached hydrogens (tertiary/aromatic N) is 1. The fourth-order valence-electron chi connectivity index (χ4n) is 0.797. The second-order valence-corrected chi connectivity index (χ2v) is 3.24. The predicted molar refractivity (Wildman–Crippen MR) is 45.8 cm³/mol. The van der Waals surface area contributed by atoms with Gasteiger partial charge in [-0.1, -0.05) is 0 Å². The molecule has 1 rings (SSSR count). The molecule has 0 aliphatic rings. The first-order valence-corrected chi connectivity index (χ1v) is 4.41. The second-order valence-electron chi connectivity index (χ2n) is 2.32. The van der Waals surface area contributed by atoms with Gasteiger partial charge in [-0.05, 0) is 6.92 Å². The molecule has 0 aliphatic carbocycles. The molecule has 1 aromatic rings. The molecule has 0 fully saturated rings. The largest absolute Gasteiger partial charge is 0.387 e. The van der Waals surface area contributed by atoms with E-state index >= 15 is 0 Å². The summed E-state index contributed by atoms with van der Waals surface area (Å²) in [6.45, 7) is 1.35. The van der Waals surface area contributed by atoms with Crippen molar-refractivity contribution in [3.63, 3.8) is 0 Å². The van der Waals surface area contributed by atoms with Gasteiger partial charge >= 0.3 is 0 Å². The molecule has 4 nitrogen and oxygen atoms in total. The minimum atomic E-state index is -0.476. The van der Waals surface area contributed by atoms with Crippen LogP contribution in [0.15, 0.2) is 11.6 Å². The van der Waals surface area contributed by atoms with E-state index in [1.54, 1.807) is 6.20 Å². The van der Waals surface area contributed by atoms with Crippen LogP contribution in [0.25, 0.3) is 0 Å². The van der Waals surface area contributed by atoms with Gasteiger partial charge in [-0.15, -0.1) is 11.3 Å². The quantitative estimate of drug-likeness (QED) is 0.714. The molecule has 1 atom stereocenters. The summed E-state index contributed by atoms with van der Waals surface area (Å²) >= 11 is 1.48. The Morgan fingerprint density at radius 3 is 3.17 bits per heavy atom. The Morgan fingerprint density at radius 1 is 1.92 bits per heavy atom. The van der Waals surface area contributed by atoms with Crippen molar-refractivity contribution < 1.29 is 9.90 Å². The highest BCUT2D eigenvalue weighted by Crippen LogP contribution is 2.13. The van der Waals surface area contributed by atoms with Gasteiger partial charge in [0, 0.05) is 11.6 Å². The van der Waals surface area contributed by atoms with Crippen LogP contribution in [0.5, 0.6) is 0 Å². The first-order chi connectivity index (χ1) is 5.74. The maximum absolute atomic E-state index is 10.7. The van der Waals surface area contributed by atoms with E-state index in [2.05, 4.69) is 10.3 Å². The number of carbonyl (C=O) groups is 1. The van der Waals surface area contributed by atoms with Crippen molar-refractivity contribution >= 4 is 17.2 Å². The van der Waals surface area contributed by atoms with Crippen LogP contribution in [0.1, 0.15) is 18.0 Å². The van der Waals surface area contributed by atoms with Crippen LogP contribution in [-0.4, -0.2) is 22.6 Å². The molecule has 0 aliphatic heterocycles. The summed E-state index contributed by atoms with van der Waals surface area (Å²) < 4.78 is 0. The molecule has 0 bridgehead atoms. The molecule has 1 amide bonds. The summed E-state index contributed by atoms with van der Waals surface area (Å²) in [4.78, 5) is 14.8. The van der Waals surface area contributed by atoms with Crippen molar-refractivity contribution in [2.45, 2.75) is 13.0 Å². The minimum Gasteiger partial charge on any atom is -0.387 e. The maximum Gasteiger partial charge on any atom is 0.246 e. The Hall–Kier alpha value is -0.940. The zero-order valence-corrected chi connectivity index (χ0v) is 7.47. The average Bonchev–Trinajstić information content (AvgIpc) is 2.56. The van der Waals surface area contributed by atoms with E-state index in [0.29, 0.717) is 0 Å². The number of aliphatic hydroxyl groups excluding tert-OH is 1. The van der Waals surface area contributed by atoms with E-state index in [1.165, 1.54) is 11.3 Å². The lowest BCUT2D eigenvalue weighted by molar-refractivity contribution is -0.124. The highest BCUT2D eigenvalue weighted by atomic mass is 32.1. The van der Waals surface area contributed by atoms with Gasteiger partial charge in [-0.2, -0.15) is 0 Å². The van der Waals surface area contributed by atoms with Gasteiger partial charge < -0.3 is 10.4 Å². The molecule has 1 unspecified atom stereocenters. The van der Waals surface area contributed by atoms with Crippen LogP contribution < -0.4 is 5.32 Å². The van der Waals surface area contributed by atoms with Crippen LogP contribution in [0.4, 0.5) is 0 Å². The normalized spacial score (nSPS) is 12.5. The fraction of sp³-hybridized carbons (Fsp3) is 0.429. The molecular weight excluding hydrogens is 176 g/mol. The van der Waals surface area contributed by atoms with Crippen molar-refractivity contribution in [3.05, 3.63) is 16.6 Å². The highest BCUT2D eigenvalue weighted by Gasteiger charge is 2.09. The van der Waals surface area contributed by atoms with Gasteiger partial charge in [0.2, 0.25) is 5.91 Å². The zero-order chi connectivity index (χ0) is 8.97. The molecule has 5 heteroatoms. The number of aromatic nitrogens is 1. The Balaban J connectivity index is 2.49. The number of rotatable bonds is 3. The van der Waals surface area contributed by atoms with Gasteiger partial charge in [0.1, 0.15) is 11.6 Å². The second kappa shape index (κ2) is 4.18. The monoisotopic (exact) mass is 186 g/mol. The van der Waals surface area contributed by atoms with Gasteiger partial charge in [0.05, 0.1) is 6.04 Å². The van der Waals surface area contributed by atoms with Crippen LogP contribution in [0, 0.1) is 0 Å². The minimum absolute atomic E-state index is 0.121.